The second kappa shape index (κ2) is 10.4. The molecule has 4 aromatic carbocycles. The van der Waals surface area contributed by atoms with E-state index in [1.807, 2.05) is 42.5 Å². The fourth-order valence-electron chi connectivity index (χ4n) is 3.78. The predicted molar refractivity (Wildman–Crippen MR) is 146 cm³/mol. The molecule has 0 radical (unpaired) electrons. The molecule has 0 aliphatic heterocycles. The van der Waals surface area contributed by atoms with E-state index in [2.05, 4.69) is 54.7 Å². The number of hydrogen-bond acceptors (Lipinski definition) is 5. The maximum Gasteiger partial charge on any atom is 0.161 e. The number of nitrogens with one attached hydrogen (secondary N) is 1. The Kier molecular flexibility index (Phi) is 6.89. The van der Waals surface area contributed by atoms with Gasteiger partial charge >= 0.3 is 0 Å². The van der Waals surface area contributed by atoms with Crippen LogP contribution in [0.25, 0.3) is 20.8 Å². The summed E-state index contributed by atoms with van der Waals surface area (Å²) < 4.78 is 12.7. The van der Waals surface area contributed by atoms with Gasteiger partial charge in [0, 0.05) is 22.8 Å². The minimum atomic E-state index is 0.450. The third kappa shape index (κ3) is 5.59. The highest BCUT2D eigenvalue weighted by atomic mass is 35.5. The predicted octanol–water partition coefficient (Wildman–Crippen LogP) is 8.12. The summed E-state index contributed by atoms with van der Waals surface area (Å²) in [6.07, 6.45) is 0. The maximum atomic E-state index is 5.96. The number of ether oxygens (including phenoxy) is 2. The number of anilines is 1. The van der Waals surface area contributed by atoms with Gasteiger partial charge in [0.05, 0.1) is 17.3 Å². The lowest BCUT2D eigenvalue weighted by Gasteiger charge is -2.13. The lowest BCUT2D eigenvalue weighted by Crippen LogP contribution is -2.02. The Morgan fingerprint density at radius 2 is 1.63 bits per heavy atom. The van der Waals surface area contributed by atoms with Crippen LogP contribution < -0.4 is 14.8 Å². The lowest BCUT2D eigenvalue weighted by molar-refractivity contribution is 0.284. The molecule has 0 spiro atoms. The largest absolute Gasteiger partial charge is 0.493 e. The van der Waals surface area contributed by atoms with Gasteiger partial charge in [-0.05, 0) is 84.3 Å². The van der Waals surface area contributed by atoms with Crippen LogP contribution in [0.5, 0.6) is 11.5 Å². The van der Waals surface area contributed by atoms with Crippen molar-refractivity contribution < 1.29 is 9.47 Å². The molecule has 0 saturated heterocycles. The van der Waals surface area contributed by atoms with Crippen LogP contribution in [0.15, 0.2) is 84.9 Å². The summed E-state index contributed by atoms with van der Waals surface area (Å²) in [5.74, 6) is 1.42. The van der Waals surface area contributed by atoms with E-state index in [0.29, 0.717) is 29.7 Å². The van der Waals surface area contributed by atoms with Gasteiger partial charge in [-0.3, -0.25) is 0 Å². The second-order valence-corrected chi connectivity index (χ2v) is 9.79. The van der Waals surface area contributed by atoms with Crippen molar-refractivity contribution in [2.75, 3.05) is 12.4 Å². The standard InChI is InChI=1S/C29H25ClN2O2S/c1-19-3-14-28-25(15-19)32-29(35-28)22-7-11-24(12-8-22)31-17-21-6-13-26(27(16-21)33-2)34-18-20-4-9-23(30)10-5-20/h3-16,31H,17-18H2,1-2H3. The van der Waals surface area contributed by atoms with Crippen LogP contribution in [0.4, 0.5) is 5.69 Å². The summed E-state index contributed by atoms with van der Waals surface area (Å²) in [4.78, 5) is 4.80. The van der Waals surface area contributed by atoms with Crippen molar-refractivity contribution in [3.05, 3.63) is 107 Å². The van der Waals surface area contributed by atoms with Crippen LogP contribution in [0.1, 0.15) is 16.7 Å². The van der Waals surface area contributed by atoms with Gasteiger partial charge in [-0.15, -0.1) is 11.3 Å². The summed E-state index contributed by atoms with van der Waals surface area (Å²) in [6.45, 7) is 3.22. The van der Waals surface area contributed by atoms with Gasteiger partial charge in [0.15, 0.2) is 11.5 Å². The molecular weight excluding hydrogens is 476 g/mol. The normalized spacial score (nSPS) is 10.9. The molecule has 0 aliphatic rings. The smallest absolute Gasteiger partial charge is 0.161 e. The Balaban J connectivity index is 1.22. The molecular formula is C29H25ClN2O2S. The van der Waals surface area contributed by atoms with Gasteiger partial charge in [0.2, 0.25) is 0 Å². The third-order valence-corrected chi connectivity index (χ3v) is 7.04. The SMILES string of the molecule is COc1cc(CNc2ccc(-c3nc4cc(C)ccc4s3)cc2)ccc1OCc1ccc(Cl)cc1. The van der Waals surface area contributed by atoms with Gasteiger partial charge in [0.25, 0.3) is 0 Å². The highest BCUT2D eigenvalue weighted by molar-refractivity contribution is 7.21. The van der Waals surface area contributed by atoms with E-state index in [1.165, 1.54) is 10.3 Å². The van der Waals surface area contributed by atoms with Crippen molar-refractivity contribution in [3.8, 4) is 22.1 Å². The Labute approximate surface area is 214 Å². The van der Waals surface area contributed by atoms with E-state index in [4.69, 9.17) is 26.1 Å². The fourth-order valence-corrected chi connectivity index (χ4v) is 4.86. The molecule has 0 unspecified atom stereocenters. The highest BCUT2D eigenvalue weighted by Crippen LogP contribution is 2.32. The summed E-state index contributed by atoms with van der Waals surface area (Å²) in [7, 11) is 1.66. The number of aryl methyl sites for hydroxylation is 1. The van der Waals surface area contributed by atoms with E-state index in [-0.39, 0.29) is 0 Å². The zero-order valence-corrected chi connectivity index (χ0v) is 21.1. The molecule has 1 N–H and O–H groups in total. The first-order chi connectivity index (χ1) is 17.1. The van der Waals surface area contributed by atoms with E-state index in [1.54, 1.807) is 18.4 Å². The number of thiazole rings is 1. The van der Waals surface area contributed by atoms with Gasteiger partial charge in [-0.25, -0.2) is 4.98 Å². The lowest BCUT2D eigenvalue weighted by atomic mass is 10.1. The molecule has 176 valence electrons. The van der Waals surface area contributed by atoms with Gasteiger partial charge < -0.3 is 14.8 Å². The number of nitrogens with zero attached hydrogens (tertiary/aromatic N) is 1. The quantitative estimate of drug-likeness (QED) is 0.233. The zero-order chi connectivity index (χ0) is 24.2. The molecule has 0 bridgehead atoms. The first-order valence-corrected chi connectivity index (χ1v) is 12.5. The molecule has 0 saturated carbocycles. The Hall–Kier alpha value is -3.54. The topological polar surface area (TPSA) is 43.4 Å². The second-order valence-electron chi connectivity index (χ2n) is 8.32. The molecule has 0 atom stereocenters. The monoisotopic (exact) mass is 500 g/mol. The minimum absolute atomic E-state index is 0.450. The van der Waals surface area contributed by atoms with Crippen LogP contribution in [0, 0.1) is 6.92 Å². The summed E-state index contributed by atoms with van der Waals surface area (Å²) in [5, 5.41) is 5.23. The molecule has 35 heavy (non-hydrogen) atoms. The van der Waals surface area contributed by atoms with Crippen molar-refractivity contribution >= 4 is 38.8 Å². The van der Waals surface area contributed by atoms with Gasteiger partial charge in [0.1, 0.15) is 11.6 Å². The van der Waals surface area contributed by atoms with Crippen molar-refractivity contribution in [2.45, 2.75) is 20.1 Å². The number of aromatic nitrogens is 1. The molecule has 1 aromatic heterocycles. The van der Waals surface area contributed by atoms with Crippen LogP contribution >= 0.6 is 22.9 Å². The van der Waals surface area contributed by atoms with E-state index >= 15 is 0 Å². The minimum Gasteiger partial charge on any atom is -0.493 e. The molecule has 5 rings (SSSR count). The van der Waals surface area contributed by atoms with E-state index in [9.17, 15) is 0 Å². The molecule has 6 heteroatoms. The Bertz CT molecular complexity index is 1450. The van der Waals surface area contributed by atoms with Crippen molar-refractivity contribution in [2.24, 2.45) is 0 Å². The van der Waals surface area contributed by atoms with Crippen LogP contribution in [0.3, 0.4) is 0 Å². The van der Waals surface area contributed by atoms with Crippen molar-refractivity contribution in [1.82, 2.24) is 4.98 Å². The van der Waals surface area contributed by atoms with Gasteiger partial charge in [-0.2, -0.15) is 0 Å². The molecule has 0 aliphatic carbocycles. The first kappa shape index (κ1) is 23.2. The molecule has 1 heterocycles. The average Bonchev–Trinajstić information content (AvgIpc) is 3.31. The number of halogens is 1. The summed E-state index contributed by atoms with van der Waals surface area (Å²) in [6, 6.07) is 28.4. The molecule has 4 nitrogen and oxygen atoms in total. The van der Waals surface area contributed by atoms with Gasteiger partial charge in [-0.1, -0.05) is 35.9 Å². The van der Waals surface area contributed by atoms with Crippen molar-refractivity contribution in [1.29, 1.82) is 0 Å². The number of hydrogen-bond donors (Lipinski definition) is 1. The maximum absolute atomic E-state index is 5.96. The molecule has 0 amide bonds. The van der Waals surface area contributed by atoms with Crippen LogP contribution in [0.2, 0.25) is 5.02 Å². The van der Waals surface area contributed by atoms with Crippen LogP contribution in [-0.2, 0) is 13.2 Å². The molecule has 0 fully saturated rings. The highest BCUT2D eigenvalue weighted by Gasteiger charge is 2.08. The first-order valence-electron chi connectivity index (χ1n) is 11.3. The number of fused-ring (bicyclic) bond motifs is 1. The average molecular weight is 501 g/mol. The number of rotatable bonds is 8. The Morgan fingerprint density at radius 1 is 0.857 bits per heavy atom. The van der Waals surface area contributed by atoms with Crippen molar-refractivity contribution in [3.63, 3.8) is 0 Å². The fraction of sp³-hybridized carbons (Fsp3) is 0.138. The van der Waals surface area contributed by atoms with Crippen LogP contribution in [-0.4, -0.2) is 12.1 Å². The number of methoxy groups -OCH3 is 1. The summed E-state index contributed by atoms with van der Waals surface area (Å²) >= 11 is 7.67. The third-order valence-electron chi connectivity index (χ3n) is 5.71. The Morgan fingerprint density at radius 3 is 2.40 bits per heavy atom. The van der Waals surface area contributed by atoms with E-state index < -0.39 is 0 Å². The number of benzene rings is 4. The zero-order valence-electron chi connectivity index (χ0n) is 19.5. The van der Waals surface area contributed by atoms with E-state index in [0.717, 1.165) is 32.9 Å². The molecule has 5 aromatic rings. The summed E-state index contributed by atoms with van der Waals surface area (Å²) in [5.41, 5.74) is 6.61.